The zero-order chi connectivity index (χ0) is 16.3. The van der Waals surface area contributed by atoms with Crippen LogP contribution >= 0.6 is 23.2 Å². The summed E-state index contributed by atoms with van der Waals surface area (Å²) in [5.74, 6) is -2.12. The van der Waals surface area contributed by atoms with Crippen LogP contribution in [0.25, 0.3) is 0 Å². The molecule has 0 spiro atoms. The van der Waals surface area contributed by atoms with Crippen LogP contribution in [0, 0.1) is 5.82 Å². The van der Waals surface area contributed by atoms with Crippen LogP contribution in [0.4, 0.5) is 17.6 Å². The topological polar surface area (TPSA) is 29.1 Å². The van der Waals surface area contributed by atoms with E-state index < -0.39 is 34.6 Å². The molecule has 0 saturated heterocycles. The molecule has 0 aliphatic carbocycles. The molecule has 1 aromatic carbocycles. The molecule has 1 rings (SSSR count). The first kappa shape index (κ1) is 18.0. The van der Waals surface area contributed by atoms with Gasteiger partial charge in [-0.25, -0.2) is 4.39 Å². The van der Waals surface area contributed by atoms with Crippen molar-refractivity contribution >= 4 is 29.1 Å². The number of hydrogen-bond donors (Lipinski definition) is 1. The molecule has 21 heavy (non-hydrogen) atoms. The number of halogens is 6. The highest BCUT2D eigenvalue weighted by Gasteiger charge is 2.33. The van der Waals surface area contributed by atoms with Crippen molar-refractivity contribution in [3.63, 3.8) is 0 Å². The summed E-state index contributed by atoms with van der Waals surface area (Å²) in [4.78, 5) is 12.0. The minimum Gasteiger partial charge on any atom is -0.344 e. The van der Waals surface area contributed by atoms with E-state index in [2.05, 4.69) is 5.32 Å². The van der Waals surface area contributed by atoms with Crippen molar-refractivity contribution in [3.8, 4) is 0 Å². The summed E-state index contributed by atoms with van der Waals surface area (Å²) in [6.07, 6.45) is -4.31. The summed E-state index contributed by atoms with van der Waals surface area (Å²) in [6, 6.07) is 1.64. The number of alkyl halides is 5. The average Bonchev–Trinajstić information content (AvgIpc) is 2.44. The Kier molecular flexibility index (Phi) is 5.87. The van der Waals surface area contributed by atoms with Gasteiger partial charge in [-0.3, -0.25) is 4.79 Å². The van der Waals surface area contributed by atoms with Crippen LogP contribution in [0.2, 0.25) is 0 Å². The van der Waals surface area contributed by atoms with Gasteiger partial charge in [0, 0.05) is 11.8 Å². The summed E-state index contributed by atoms with van der Waals surface area (Å²) in [5, 5.41) is 2.41. The van der Waals surface area contributed by atoms with Gasteiger partial charge < -0.3 is 5.32 Å². The van der Waals surface area contributed by atoms with Gasteiger partial charge >= 0.3 is 6.18 Å². The van der Waals surface area contributed by atoms with Gasteiger partial charge in [-0.1, -0.05) is 6.92 Å². The van der Waals surface area contributed by atoms with E-state index in [-0.39, 0.29) is 11.8 Å². The fourth-order valence-corrected chi connectivity index (χ4v) is 2.36. The molecule has 0 fully saturated rings. The highest BCUT2D eigenvalue weighted by molar-refractivity contribution is 6.22. The van der Waals surface area contributed by atoms with Crippen molar-refractivity contribution in [1.82, 2.24) is 5.32 Å². The summed E-state index contributed by atoms with van der Waals surface area (Å²) < 4.78 is 51.4. The lowest BCUT2D eigenvalue weighted by molar-refractivity contribution is -0.137. The van der Waals surface area contributed by atoms with Crippen molar-refractivity contribution in [3.05, 3.63) is 35.1 Å². The van der Waals surface area contributed by atoms with Crippen LogP contribution in [0.1, 0.15) is 29.3 Å². The Balaban J connectivity index is 3.13. The Labute approximate surface area is 129 Å². The molecule has 0 aliphatic heterocycles. The Bertz CT molecular complexity index is 507. The largest absolute Gasteiger partial charge is 0.416 e. The van der Waals surface area contributed by atoms with Gasteiger partial charge in [0.2, 0.25) is 0 Å². The maximum Gasteiger partial charge on any atom is 0.416 e. The van der Waals surface area contributed by atoms with Gasteiger partial charge in [-0.15, -0.1) is 23.2 Å². The third-order valence-corrected chi connectivity index (χ3v) is 4.13. The molecule has 1 N–H and O–H groups in total. The fraction of sp³-hybridized carbons (Fsp3) is 0.462. The van der Waals surface area contributed by atoms with Crippen molar-refractivity contribution in [2.45, 2.75) is 25.1 Å². The summed E-state index contributed by atoms with van der Waals surface area (Å²) in [5.41, 5.74) is -2.80. The molecule has 0 saturated carbocycles. The van der Waals surface area contributed by atoms with Gasteiger partial charge in [0.05, 0.1) is 16.7 Å². The van der Waals surface area contributed by atoms with E-state index in [1.165, 1.54) is 0 Å². The van der Waals surface area contributed by atoms with E-state index in [1.54, 1.807) is 6.92 Å². The molecular formula is C13H13Cl2F4NO. The summed E-state index contributed by atoms with van der Waals surface area (Å²) >= 11 is 11.5. The zero-order valence-electron chi connectivity index (χ0n) is 11.0. The zero-order valence-corrected chi connectivity index (χ0v) is 12.5. The van der Waals surface area contributed by atoms with Gasteiger partial charge in [0.1, 0.15) is 5.82 Å². The van der Waals surface area contributed by atoms with E-state index in [9.17, 15) is 22.4 Å². The van der Waals surface area contributed by atoms with Crippen molar-refractivity contribution < 1.29 is 22.4 Å². The van der Waals surface area contributed by atoms with Crippen molar-refractivity contribution in [1.29, 1.82) is 0 Å². The number of rotatable bonds is 5. The van der Waals surface area contributed by atoms with Crippen LogP contribution in [-0.4, -0.2) is 23.2 Å². The smallest absolute Gasteiger partial charge is 0.344 e. The molecule has 118 valence electrons. The minimum absolute atomic E-state index is 0.0423. The van der Waals surface area contributed by atoms with Gasteiger partial charge in [-0.2, -0.15) is 13.2 Å². The molecule has 0 aliphatic rings. The number of hydrogen-bond acceptors (Lipinski definition) is 1. The van der Waals surface area contributed by atoms with Crippen LogP contribution in [-0.2, 0) is 6.18 Å². The standard InChI is InChI=1S/C13H13Cl2F4NO/c1-2-12(6-14,7-15)20-11(21)9-5-8(13(17,18)19)3-4-10(9)16/h3-5H,2,6-7H2,1H3,(H,20,21). The van der Waals surface area contributed by atoms with E-state index in [0.29, 0.717) is 24.6 Å². The first-order chi connectivity index (χ1) is 9.69. The molecule has 8 heteroatoms. The number of amides is 1. The minimum atomic E-state index is -4.66. The van der Waals surface area contributed by atoms with Crippen LogP contribution in [0.3, 0.4) is 0 Å². The molecule has 0 atom stereocenters. The number of nitrogens with one attached hydrogen (secondary N) is 1. The molecule has 0 radical (unpaired) electrons. The maximum atomic E-state index is 13.6. The second kappa shape index (κ2) is 6.83. The number of carbonyl (C=O) groups is 1. The third-order valence-electron chi connectivity index (χ3n) is 3.11. The third kappa shape index (κ3) is 4.23. The second-order valence-corrected chi connectivity index (χ2v) is 5.08. The fourth-order valence-electron chi connectivity index (χ4n) is 1.56. The Morgan fingerprint density at radius 1 is 1.24 bits per heavy atom. The van der Waals surface area contributed by atoms with E-state index in [1.807, 2.05) is 0 Å². The average molecular weight is 346 g/mol. The predicted octanol–water partition coefficient (Wildman–Crippen LogP) is 4.20. The molecule has 0 aromatic heterocycles. The molecular weight excluding hydrogens is 333 g/mol. The van der Waals surface area contributed by atoms with Gasteiger partial charge in [0.25, 0.3) is 5.91 Å². The summed E-state index contributed by atoms with van der Waals surface area (Å²) in [7, 11) is 0. The van der Waals surface area contributed by atoms with E-state index in [4.69, 9.17) is 23.2 Å². The number of benzene rings is 1. The molecule has 0 unspecified atom stereocenters. The molecule has 2 nitrogen and oxygen atoms in total. The quantitative estimate of drug-likeness (QED) is 0.628. The van der Waals surface area contributed by atoms with Gasteiger partial charge in [0.15, 0.2) is 0 Å². The maximum absolute atomic E-state index is 13.6. The Hall–Kier alpha value is -1.01. The first-order valence-corrected chi connectivity index (χ1v) is 7.07. The normalized spacial score (nSPS) is 12.3. The SMILES string of the molecule is CCC(CCl)(CCl)NC(=O)c1cc(C(F)(F)F)ccc1F. The molecule has 1 amide bonds. The van der Waals surface area contributed by atoms with E-state index >= 15 is 0 Å². The second-order valence-electron chi connectivity index (χ2n) is 4.55. The molecule has 0 heterocycles. The first-order valence-electron chi connectivity index (χ1n) is 6.00. The lowest BCUT2D eigenvalue weighted by atomic mass is 10.00. The van der Waals surface area contributed by atoms with E-state index in [0.717, 1.165) is 0 Å². The summed E-state index contributed by atoms with van der Waals surface area (Å²) in [6.45, 7) is 1.70. The number of carbonyl (C=O) groups excluding carboxylic acids is 1. The highest BCUT2D eigenvalue weighted by atomic mass is 35.5. The molecule has 0 bridgehead atoms. The lowest BCUT2D eigenvalue weighted by Crippen LogP contribution is -2.51. The highest BCUT2D eigenvalue weighted by Crippen LogP contribution is 2.30. The van der Waals surface area contributed by atoms with Crippen LogP contribution in [0.15, 0.2) is 18.2 Å². The van der Waals surface area contributed by atoms with Crippen LogP contribution < -0.4 is 5.32 Å². The lowest BCUT2D eigenvalue weighted by Gasteiger charge is -2.29. The monoisotopic (exact) mass is 345 g/mol. The van der Waals surface area contributed by atoms with Crippen molar-refractivity contribution in [2.75, 3.05) is 11.8 Å². The Morgan fingerprint density at radius 2 is 1.81 bits per heavy atom. The Morgan fingerprint density at radius 3 is 2.24 bits per heavy atom. The molecule has 1 aromatic rings. The van der Waals surface area contributed by atoms with Gasteiger partial charge in [-0.05, 0) is 24.6 Å². The predicted molar refractivity (Wildman–Crippen MR) is 73.3 cm³/mol. The van der Waals surface area contributed by atoms with Crippen molar-refractivity contribution in [2.24, 2.45) is 0 Å². The van der Waals surface area contributed by atoms with Crippen LogP contribution in [0.5, 0.6) is 0 Å².